The molecule has 0 unspecified atom stereocenters. The van der Waals surface area contributed by atoms with E-state index < -0.39 is 35.1 Å². The second kappa shape index (κ2) is 8.49. The van der Waals surface area contributed by atoms with Gasteiger partial charge in [-0.15, -0.1) is 6.58 Å². The molecule has 0 aromatic heterocycles. The number of ether oxygens (including phenoxy) is 1. The van der Waals surface area contributed by atoms with E-state index in [1.165, 1.54) is 12.1 Å². The maximum absolute atomic E-state index is 11.8. The van der Waals surface area contributed by atoms with E-state index in [2.05, 4.69) is 16.6 Å². The molecule has 0 aliphatic carbocycles. The topological polar surface area (TPSA) is 128 Å². The first-order chi connectivity index (χ1) is 10.8. The lowest BCUT2D eigenvalue weighted by Gasteiger charge is -2.06. The third kappa shape index (κ3) is 5.75. The normalized spacial score (nSPS) is 9.61. The Kier molecular flexibility index (Phi) is 6.68. The van der Waals surface area contributed by atoms with Crippen LogP contribution in [0.15, 0.2) is 30.9 Å². The number of rotatable bonds is 6. The summed E-state index contributed by atoms with van der Waals surface area (Å²) in [5.41, 5.74) is -0.907. The van der Waals surface area contributed by atoms with E-state index in [9.17, 15) is 24.5 Å². The van der Waals surface area contributed by atoms with Gasteiger partial charge in [0, 0.05) is 17.6 Å². The number of esters is 1. The largest absolute Gasteiger partial charge is 0.452 e. The number of benzene rings is 1. The number of hydrogen-bond acceptors (Lipinski definition) is 6. The molecular weight excluding hydrogens is 330 g/mol. The maximum atomic E-state index is 11.8. The molecule has 1 aromatic carbocycles. The molecule has 1 aromatic rings. The van der Waals surface area contributed by atoms with Crippen LogP contribution in [0.1, 0.15) is 10.4 Å². The Morgan fingerprint density at radius 3 is 2.70 bits per heavy atom. The van der Waals surface area contributed by atoms with E-state index in [0.717, 1.165) is 12.1 Å². The summed E-state index contributed by atoms with van der Waals surface area (Å²) in [6, 6.07) is 2.58. The highest BCUT2D eigenvalue weighted by atomic mass is 35.5. The van der Waals surface area contributed by atoms with E-state index in [4.69, 9.17) is 11.6 Å². The van der Waals surface area contributed by atoms with Crippen molar-refractivity contribution in [1.82, 2.24) is 10.6 Å². The summed E-state index contributed by atoms with van der Waals surface area (Å²) in [4.78, 5) is 44.4. The van der Waals surface area contributed by atoms with Crippen LogP contribution in [0, 0.1) is 10.1 Å². The summed E-state index contributed by atoms with van der Waals surface area (Å²) < 4.78 is 4.63. The molecular formula is C13H12ClN3O6. The highest BCUT2D eigenvalue weighted by Gasteiger charge is 2.22. The molecule has 0 saturated carbocycles. The Morgan fingerprint density at radius 1 is 1.39 bits per heavy atom. The monoisotopic (exact) mass is 341 g/mol. The lowest BCUT2D eigenvalue weighted by molar-refractivity contribution is -0.385. The Morgan fingerprint density at radius 2 is 2.09 bits per heavy atom. The van der Waals surface area contributed by atoms with Gasteiger partial charge in [0.2, 0.25) is 0 Å². The van der Waals surface area contributed by atoms with Gasteiger partial charge in [-0.1, -0.05) is 17.7 Å². The Hall–Kier alpha value is -2.94. The predicted octanol–water partition coefficient (Wildman–Crippen LogP) is 1.42. The van der Waals surface area contributed by atoms with E-state index in [0.29, 0.717) is 0 Å². The van der Waals surface area contributed by atoms with Crippen LogP contribution in [-0.2, 0) is 9.53 Å². The van der Waals surface area contributed by atoms with E-state index >= 15 is 0 Å². The fourth-order valence-electron chi connectivity index (χ4n) is 1.41. The van der Waals surface area contributed by atoms with Crippen molar-refractivity contribution >= 4 is 35.2 Å². The molecule has 0 aliphatic heterocycles. The molecule has 2 N–H and O–H groups in total. The van der Waals surface area contributed by atoms with Crippen molar-refractivity contribution in [3.63, 3.8) is 0 Å². The molecule has 0 saturated heterocycles. The molecule has 0 spiro atoms. The first kappa shape index (κ1) is 18.1. The number of carbonyl (C=O) groups excluding carboxylic acids is 3. The summed E-state index contributed by atoms with van der Waals surface area (Å²) >= 11 is 5.62. The van der Waals surface area contributed by atoms with E-state index in [1.807, 2.05) is 5.32 Å². The molecule has 122 valence electrons. The van der Waals surface area contributed by atoms with Crippen LogP contribution in [0.25, 0.3) is 0 Å². The standard InChI is InChI=1S/C13H12ClN3O6/c1-2-5-15-13(20)16-11(18)7-23-12(19)9-4-3-8(14)6-10(9)17(21)22/h2-4,6H,1,5,7H2,(H2,15,16,18,20). The highest BCUT2D eigenvalue weighted by molar-refractivity contribution is 6.31. The van der Waals surface area contributed by atoms with Gasteiger partial charge in [-0.2, -0.15) is 0 Å². The first-order valence-corrected chi connectivity index (χ1v) is 6.52. The van der Waals surface area contributed by atoms with Crippen molar-refractivity contribution in [3.05, 3.63) is 51.6 Å². The minimum Gasteiger partial charge on any atom is -0.452 e. The molecule has 0 atom stereocenters. The van der Waals surface area contributed by atoms with Crippen LogP contribution in [0.5, 0.6) is 0 Å². The van der Waals surface area contributed by atoms with Gasteiger partial charge in [0.15, 0.2) is 6.61 Å². The fourth-order valence-corrected chi connectivity index (χ4v) is 1.58. The maximum Gasteiger partial charge on any atom is 0.345 e. The third-order valence-electron chi connectivity index (χ3n) is 2.37. The van der Waals surface area contributed by atoms with Crippen LogP contribution < -0.4 is 10.6 Å². The van der Waals surface area contributed by atoms with Gasteiger partial charge in [0.25, 0.3) is 11.6 Å². The molecule has 0 heterocycles. The fraction of sp³-hybridized carbons (Fsp3) is 0.154. The molecule has 1 rings (SSSR count). The summed E-state index contributed by atoms with van der Waals surface area (Å²) in [6.45, 7) is 2.74. The average molecular weight is 342 g/mol. The molecule has 0 bridgehead atoms. The number of urea groups is 1. The van der Waals surface area contributed by atoms with Crippen LogP contribution in [-0.4, -0.2) is 36.0 Å². The highest BCUT2D eigenvalue weighted by Crippen LogP contribution is 2.23. The van der Waals surface area contributed by atoms with E-state index in [-0.39, 0.29) is 17.1 Å². The zero-order valence-electron chi connectivity index (χ0n) is 11.7. The van der Waals surface area contributed by atoms with Crippen molar-refractivity contribution in [3.8, 4) is 0 Å². The quantitative estimate of drug-likeness (QED) is 0.348. The summed E-state index contributed by atoms with van der Waals surface area (Å²) in [6.07, 6.45) is 1.41. The van der Waals surface area contributed by atoms with Crippen LogP contribution in [0.3, 0.4) is 0 Å². The van der Waals surface area contributed by atoms with Gasteiger partial charge in [-0.3, -0.25) is 20.2 Å². The van der Waals surface area contributed by atoms with Crippen molar-refractivity contribution < 1.29 is 24.0 Å². The number of amides is 3. The smallest absolute Gasteiger partial charge is 0.345 e. The second-order valence-electron chi connectivity index (χ2n) is 4.04. The van der Waals surface area contributed by atoms with Crippen molar-refractivity contribution in [2.24, 2.45) is 0 Å². The lowest BCUT2D eigenvalue weighted by atomic mass is 10.2. The number of nitrogens with one attached hydrogen (secondary N) is 2. The van der Waals surface area contributed by atoms with Crippen molar-refractivity contribution in [2.45, 2.75) is 0 Å². The molecule has 10 heteroatoms. The molecule has 0 radical (unpaired) electrons. The Bertz CT molecular complexity index is 661. The minimum absolute atomic E-state index is 0.0740. The minimum atomic E-state index is -1.09. The van der Waals surface area contributed by atoms with Crippen LogP contribution in [0.2, 0.25) is 5.02 Å². The van der Waals surface area contributed by atoms with Crippen molar-refractivity contribution in [2.75, 3.05) is 13.2 Å². The first-order valence-electron chi connectivity index (χ1n) is 6.14. The SMILES string of the molecule is C=CCNC(=O)NC(=O)COC(=O)c1ccc(Cl)cc1[N+](=O)[O-]. The molecule has 3 amide bonds. The summed E-state index contributed by atoms with van der Waals surface area (Å²) in [5, 5.41) is 15.1. The second-order valence-corrected chi connectivity index (χ2v) is 4.48. The summed E-state index contributed by atoms with van der Waals surface area (Å²) in [5.74, 6) is -1.98. The molecule has 0 aliphatic rings. The number of halogens is 1. The van der Waals surface area contributed by atoms with E-state index in [1.54, 1.807) is 0 Å². The van der Waals surface area contributed by atoms with Gasteiger partial charge in [-0.05, 0) is 12.1 Å². The van der Waals surface area contributed by atoms with Crippen LogP contribution >= 0.6 is 11.6 Å². The Labute approximate surface area is 135 Å². The lowest BCUT2D eigenvalue weighted by Crippen LogP contribution is -2.41. The van der Waals surface area contributed by atoms with Gasteiger partial charge >= 0.3 is 12.0 Å². The molecule has 9 nitrogen and oxygen atoms in total. The number of nitro groups is 1. The average Bonchev–Trinajstić information content (AvgIpc) is 2.50. The number of nitro benzene ring substituents is 1. The number of carbonyl (C=O) groups is 3. The van der Waals surface area contributed by atoms with Gasteiger partial charge in [0.1, 0.15) is 5.56 Å². The number of nitrogens with zero attached hydrogens (tertiary/aromatic N) is 1. The molecule has 23 heavy (non-hydrogen) atoms. The predicted molar refractivity (Wildman–Crippen MR) is 80.1 cm³/mol. The molecule has 0 fully saturated rings. The summed E-state index contributed by atoms with van der Waals surface area (Å²) in [7, 11) is 0. The number of imide groups is 1. The number of hydrogen-bond donors (Lipinski definition) is 2. The van der Waals surface area contributed by atoms with Crippen molar-refractivity contribution in [1.29, 1.82) is 0 Å². The zero-order valence-corrected chi connectivity index (χ0v) is 12.5. The Balaban J connectivity index is 2.64. The zero-order chi connectivity index (χ0) is 17.4. The van der Waals surface area contributed by atoms with Crippen LogP contribution in [0.4, 0.5) is 10.5 Å². The third-order valence-corrected chi connectivity index (χ3v) is 2.61. The van der Waals surface area contributed by atoms with Gasteiger partial charge < -0.3 is 10.1 Å². The van der Waals surface area contributed by atoms with Gasteiger partial charge in [-0.25, -0.2) is 9.59 Å². The van der Waals surface area contributed by atoms with Gasteiger partial charge in [0.05, 0.1) is 4.92 Å².